The fraction of sp³-hybridized carbons (Fsp3) is 0.348. The zero-order valence-electron chi connectivity index (χ0n) is 17.0. The minimum absolute atomic E-state index is 0.834. The van der Waals surface area contributed by atoms with E-state index in [-0.39, 0.29) is 0 Å². The van der Waals surface area contributed by atoms with Crippen molar-refractivity contribution in [2.75, 3.05) is 6.54 Å². The van der Waals surface area contributed by atoms with E-state index < -0.39 is 0 Å². The number of hydrogen-bond donors (Lipinski definition) is 3. The number of benzene rings is 1. The number of imidazole rings is 1. The van der Waals surface area contributed by atoms with Gasteiger partial charge in [-0.1, -0.05) is 13.0 Å². The van der Waals surface area contributed by atoms with Gasteiger partial charge < -0.3 is 10.3 Å². The lowest BCUT2D eigenvalue weighted by atomic mass is 9.98. The minimum Gasteiger partial charge on any atom is -0.340 e. The first-order valence-corrected chi connectivity index (χ1v) is 10.5. The summed E-state index contributed by atoms with van der Waals surface area (Å²) < 4.78 is 0. The van der Waals surface area contributed by atoms with Crippen molar-refractivity contribution in [1.82, 2.24) is 30.5 Å². The number of aromatic amines is 2. The van der Waals surface area contributed by atoms with Gasteiger partial charge in [-0.05, 0) is 68.0 Å². The lowest BCUT2D eigenvalue weighted by molar-refractivity contribution is 0.667. The molecule has 0 unspecified atom stereocenters. The molecule has 3 aromatic heterocycles. The van der Waals surface area contributed by atoms with E-state index in [1.807, 2.05) is 12.4 Å². The fourth-order valence-corrected chi connectivity index (χ4v) is 4.22. The van der Waals surface area contributed by atoms with E-state index in [0.29, 0.717) is 0 Å². The summed E-state index contributed by atoms with van der Waals surface area (Å²) in [6.45, 7) is 6.07. The number of aryl methyl sites for hydroxylation is 2. The number of aromatic nitrogens is 5. The largest absolute Gasteiger partial charge is 0.340 e. The van der Waals surface area contributed by atoms with Crippen LogP contribution >= 0.6 is 0 Å². The van der Waals surface area contributed by atoms with Crippen LogP contribution in [0.1, 0.15) is 42.3 Å². The van der Waals surface area contributed by atoms with Crippen LogP contribution in [0.25, 0.3) is 33.5 Å². The molecule has 0 spiro atoms. The van der Waals surface area contributed by atoms with Crippen LogP contribution in [0.5, 0.6) is 0 Å². The summed E-state index contributed by atoms with van der Waals surface area (Å²) >= 11 is 0. The lowest BCUT2D eigenvalue weighted by Crippen LogP contribution is -2.13. The van der Waals surface area contributed by atoms with Gasteiger partial charge in [0.1, 0.15) is 5.69 Å². The average molecular weight is 387 g/mol. The van der Waals surface area contributed by atoms with Crippen molar-refractivity contribution in [2.45, 2.75) is 46.1 Å². The molecule has 0 amide bonds. The van der Waals surface area contributed by atoms with Gasteiger partial charge in [0, 0.05) is 35.6 Å². The first-order chi connectivity index (χ1) is 14.2. The fourth-order valence-electron chi connectivity index (χ4n) is 4.22. The van der Waals surface area contributed by atoms with E-state index in [0.717, 1.165) is 59.5 Å². The maximum absolute atomic E-state index is 4.85. The predicted molar refractivity (Wildman–Crippen MR) is 116 cm³/mol. The highest BCUT2D eigenvalue weighted by Gasteiger charge is 2.19. The average Bonchev–Trinajstić information content (AvgIpc) is 3.36. The summed E-state index contributed by atoms with van der Waals surface area (Å²) in [7, 11) is 0. The third-order valence-corrected chi connectivity index (χ3v) is 5.94. The SMILES string of the molecule is CCNCc1cncc(-c2ccc3[nH]nc(-c4nc5c([nH]4)CCCC5)c3c2)c1C. The number of H-pyrrole nitrogens is 2. The van der Waals surface area contributed by atoms with Gasteiger partial charge in [0.15, 0.2) is 5.82 Å². The molecule has 3 N–H and O–H groups in total. The van der Waals surface area contributed by atoms with Crippen LogP contribution in [0.2, 0.25) is 0 Å². The Morgan fingerprint density at radius 1 is 1.14 bits per heavy atom. The molecule has 0 aliphatic heterocycles. The molecule has 148 valence electrons. The molecule has 1 aliphatic carbocycles. The third kappa shape index (κ3) is 3.23. The van der Waals surface area contributed by atoms with Gasteiger partial charge >= 0.3 is 0 Å². The van der Waals surface area contributed by atoms with Crippen LogP contribution < -0.4 is 5.32 Å². The second kappa shape index (κ2) is 7.44. The van der Waals surface area contributed by atoms with Crippen LogP contribution in [-0.4, -0.2) is 31.7 Å². The summed E-state index contributed by atoms with van der Waals surface area (Å²) in [5.74, 6) is 0.871. The number of rotatable bonds is 5. The van der Waals surface area contributed by atoms with Gasteiger partial charge in [0.2, 0.25) is 0 Å². The Morgan fingerprint density at radius 3 is 2.90 bits per heavy atom. The summed E-state index contributed by atoms with van der Waals surface area (Å²) in [5.41, 5.74) is 9.20. The zero-order chi connectivity index (χ0) is 19.8. The Bertz CT molecular complexity index is 1150. The minimum atomic E-state index is 0.834. The molecule has 1 aliphatic rings. The molecule has 6 heteroatoms. The predicted octanol–water partition coefficient (Wildman–Crippen LogP) is 4.31. The molecule has 0 saturated heterocycles. The molecule has 5 rings (SSSR count). The van der Waals surface area contributed by atoms with Crippen molar-refractivity contribution < 1.29 is 0 Å². The number of pyridine rings is 1. The van der Waals surface area contributed by atoms with Crippen molar-refractivity contribution >= 4 is 10.9 Å². The first-order valence-electron chi connectivity index (χ1n) is 10.5. The van der Waals surface area contributed by atoms with Gasteiger partial charge in [0.05, 0.1) is 11.2 Å². The Hall–Kier alpha value is -2.99. The van der Waals surface area contributed by atoms with Crippen molar-refractivity contribution in [1.29, 1.82) is 0 Å². The van der Waals surface area contributed by atoms with Crippen molar-refractivity contribution in [3.05, 3.63) is 53.1 Å². The summed E-state index contributed by atoms with van der Waals surface area (Å²) in [5, 5.41) is 12.2. The zero-order valence-corrected chi connectivity index (χ0v) is 17.0. The molecule has 0 saturated carbocycles. The maximum Gasteiger partial charge on any atom is 0.159 e. The summed E-state index contributed by atoms with van der Waals surface area (Å²) in [6.07, 6.45) is 8.50. The number of nitrogens with one attached hydrogen (secondary N) is 3. The molecule has 29 heavy (non-hydrogen) atoms. The third-order valence-electron chi connectivity index (χ3n) is 5.94. The van der Waals surface area contributed by atoms with Gasteiger partial charge in [-0.2, -0.15) is 5.10 Å². The van der Waals surface area contributed by atoms with E-state index in [4.69, 9.17) is 4.98 Å². The number of nitrogens with zero attached hydrogens (tertiary/aromatic N) is 3. The lowest BCUT2D eigenvalue weighted by Gasteiger charge is -2.11. The molecule has 3 heterocycles. The van der Waals surface area contributed by atoms with Crippen LogP contribution in [-0.2, 0) is 19.4 Å². The van der Waals surface area contributed by atoms with Gasteiger partial charge in [-0.25, -0.2) is 4.98 Å². The Kier molecular flexibility index (Phi) is 4.64. The molecule has 0 radical (unpaired) electrons. The van der Waals surface area contributed by atoms with E-state index in [1.165, 1.54) is 35.4 Å². The number of fused-ring (bicyclic) bond motifs is 2. The van der Waals surface area contributed by atoms with Gasteiger partial charge in [0.25, 0.3) is 0 Å². The highest BCUT2D eigenvalue weighted by Crippen LogP contribution is 2.32. The van der Waals surface area contributed by atoms with Crippen molar-refractivity contribution in [3.63, 3.8) is 0 Å². The standard InChI is InChI=1S/C23H26N6/c1-3-24-11-16-12-25-13-18(14(16)2)15-8-9-19-17(10-15)22(29-28-19)23-26-20-6-4-5-7-21(20)27-23/h8-10,12-13,24H,3-7,11H2,1-2H3,(H,26,27)(H,28,29). The number of hydrogen-bond acceptors (Lipinski definition) is 4. The highest BCUT2D eigenvalue weighted by molar-refractivity contribution is 5.94. The molecular weight excluding hydrogens is 360 g/mol. The van der Waals surface area contributed by atoms with Crippen LogP contribution in [0, 0.1) is 6.92 Å². The van der Waals surface area contributed by atoms with E-state index in [2.05, 4.69) is 57.5 Å². The monoisotopic (exact) mass is 386 g/mol. The second-order valence-electron chi connectivity index (χ2n) is 7.80. The quantitative estimate of drug-likeness (QED) is 0.477. The smallest absolute Gasteiger partial charge is 0.159 e. The van der Waals surface area contributed by atoms with E-state index in [9.17, 15) is 0 Å². The van der Waals surface area contributed by atoms with Gasteiger partial charge in [-0.15, -0.1) is 0 Å². The Labute approximate surface area is 170 Å². The van der Waals surface area contributed by atoms with Crippen LogP contribution in [0.3, 0.4) is 0 Å². The van der Waals surface area contributed by atoms with Gasteiger partial charge in [-0.3, -0.25) is 10.1 Å². The highest BCUT2D eigenvalue weighted by atomic mass is 15.1. The maximum atomic E-state index is 4.85. The molecule has 0 fully saturated rings. The normalized spacial score (nSPS) is 13.7. The molecule has 0 atom stereocenters. The van der Waals surface area contributed by atoms with Crippen LogP contribution in [0.15, 0.2) is 30.6 Å². The summed E-state index contributed by atoms with van der Waals surface area (Å²) in [4.78, 5) is 12.9. The van der Waals surface area contributed by atoms with Crippen molar-refractivity contribution in [3.8, 4) is 22.6 Å². The van der Waals surface area contributed by atoms with E-state index >= 15 is 0 Å². The second-order valence-corrected chi connectivity index (χ2v) is 7.80. The molecule has 6 nitrogen and oxygen atoms in total. The van der Waals surface area contributed by atoms with Crippen molar-refractivity contribution in [2.24, 2.45) is 0 Å². The molecule has 0 bridgehead atoms. The van der Waals surface area contributed by atoms with Crippen LogP contribution in [0.4, 0.5) is 0 Å². The Morgan fingerprint density at radius 2 is 2.03 bits per heavy atom. The topological polar surface area (TPSA) is 82.3 Å². The summed E-state index contributed by atoms with van der Waals surface area (Å²) in [6, 6.07) is 6.44. The Balaban J connectivity index is 1.58. The molecule has 4 aromatic rings. The molecular formula is C23H26N6. The van der Waals surface area contributed by atoms with E-state index in [1.54, 1.807) is 0 Å². The first kappa shape index (κ1) is 18.1. The molecule has 1 aromatic carbocycles.